The molecule has 0 atom stereocenters. The number of ether oxygens (including phenoxy) is 1. The van der Waals surface area contributed by atoms with Gasteiger partial charge in [0.15, 0.2) is 0 Å². The van der Waals surface area contributed by atoms with E-state index in [1.54, 1.807) is 13.2 Å². The van der Waals surface area contributed by atoms with E-state index in [0.717, 1.165) is 5.56 Å². The molecule has 1 aromatic carbocycles. The minimum absolute atomic E-state index is 0.303. The van der Waals surface area contributed by atoms with Crippen LogP contribution < -0.4 is 0 Å². The Kier molecular flexibility index (Phi) is 2.99. The molecule has 0 amide bonds. The van der Waals surface area contributed by atoms with Crippen LogP contribution in [-0.4, -0.2) is 17.3 Å². The Morgan fingerprint density at radius 1 is 1.40 bits per heavy atom. The van der Waals surface area contributed by atoms with Crippen molar-refractivity contribution in [1.29, 1.82) is 0 Å². The molecule has 0 aliphatic carbocycles. The second-order valence-electron chi connectivity index (χ2n) is 2.92. The van der Waals surface area contributed by atoms with E-state index in [2.05, 4.69) is 10.1 Å². The largest absolute Gasteiger partial charge is 0.375 e. The molecule has 0 radical (unpaired) electrons. The Morgan fingerprint density at radius 2 is 2.20 bits per heavy atom. The summed E-state index contributed by atoms with van der Waals surface area (Å²) < 4.78 is 9.85. The molecule has 2 rings (SSSR count). The maximum absolute atomic E-state index is 5.99. The maximum Gasteiger partial charge on any atom is 0.252 e. The second-order valence-corrected chi connectivity index (χ2v) is 3.33. The molecule has 5 heteroatoms. The van der Waals surface area contributed by atoms with Crippen molar-refractivity contribution >= 4 is 11.6 Å². The summed E-state index contributed by atoms with van der Waals surface area (Å²) in [6, 6.07) is 7.34. The van der Waals surface area contributed by atoms with Crippen molar-refractivity contribution in [2.24, 2.45) is 0 Å². The highest BCUT2D eigenvalue weighted by atomic mass is 35.5. The molecule has 0 saturated carbocycles. The van der Waals surface area contributed by atoms with E-state index < -0.39 is 0 Å². The third kappa shape index (κ3) is 2.16. The Bertz CT molecular complexity index is 456. The van der Waals surface area contributed by atoms with Gasteiger partial charge in [-0.05, 0) is 12.1 Å². The Morgan fingerprint density at radius 3 is 2.93 bits per heavy atom. The number of halogens is 1. The normalized spacial score (nSPS) is 10.5. The fraction of sp³-hybridized carbons (Fsp3) is 0.200. The number of benzene rings is 1. The van der Waals surface area contributed by atoms with Crippen molar-refractivity contribution in [2.45, 2.75) is 6.61 Å². The third-order valence-electron chi connectivity index (χ3n) is 1.85. The first-order valence-corrected chi connectivity index (χ1v) is 4.75. The first-order valence-electron chi connectivity index (χ1n) is 4.37. The van der Waals surface area contributed by atoms with Crippen LogP contribution in [0.5, 0.6) is 0 Å². The molecule has 0 fully saturated rings. The molecule has 0 saturated heterocycles. The molecule has 0 bridgehead atoms. The topological polar surface area (TPSA) is 48.2 Å². The summed E-state index contributed by atoms with van der Waals surface area (Å²) in [6.07, 6.45) is 0. The molecule has 0 aliphatic heterocycles. The lowest BCUT2D eigenvalue weighted by molar-refractivity contribution is 0.151. The number of hydrogen-bond donors (Lipinski definition) is 0. The SMILES string of the molecule is COCc1nc(-c2ccccc2Cl)no1. The van der Waals surface area contributed by atoms with Crippen LogP contribution in [0.3, 0.4) is 0 Å². The van der Waals surface area contributed by atoms with Gasteiger partial charge in [0.2, 0.25) is 5.82 Å². The van der Waals surface area contributed by atoms with Crippen molar-refractivity contribution in [2.75, 3.05) is 7.11 Å². The first kappa shape index (κ1) is 10.1. The molecule has 0 aliphatic rings. The summed E-state index contributed by atoms with van der Waals surface area (Å²) >= 11 is 5.99. The van der Waals surface area contributed by atoms with Gasteiger partial charge in [0.25, 0.3) is 5.89 Å². The van der Waals surface area contributed by atoms with Crippen LogP contribution in [0.2, 0.25) is 5.02 Å². The molecule has 78 valence electrons. The highest BCUT2D eigenvalue weighted by molar-refractivity contribution is 6.33. The predicted molar refractivity (Wildman–Crippen MR) is 55.5 cm³/mol. The standard InChI is InChI=1S/C10H9ClN2O2/c1-14-6-9-12-10(13-15-9)7-4-2-3-5-8(7)11/h2-5H,6H2,1H3. The average molecular weight is 225 g/mol. The summed E-state index contributed by atoms with van der Waals surface area (Å²) in [5, 5.41) is 4.41. The van der Waals surface area contributed by atoms with E-state index in [1.165, 1.54) is 0 Å². The van der Waals surface area contributed by atoms with Crippen LogP contribution in [0.15, 0.2) is 28.8 Å². The summed E-state index contributed by atoms with van der Waals surface area (Å²) in [5.41, 5.74) is 0.755. The molecular formula is C10H9ClN2O2. The monoisotopic (exact) mass is 224 g/mol. The van der Waals surface area contributed by atoms with E-state index in [9.17, 15) is 0 Å². The minimum Gasteiger partial charge on any atom is -0.375 e. The van der Waals surface area contributed by atoms with Gasteiger partial charge < -0.3 is 9.26 Å². The van der Waals surface area contributed by atoms with Crippen molar-refractivity contribution in [1.82, 2.24) is 10.1 Å². The number of aromatic nitrogens is 2. The summed E-state index contributed by atoms with van der Waals surface area (Å²) in [7, 11) is 1.57. The van der Waals surface area contributed by atoms with Gasteiger partial charge in [-0.3, -0.25) is 0 Å². The predicted octanol–water partition coefficient (Wildman–Crippen LogP) is 2.54. The quantitative estimate of drug-likeness (QED) is 0.804. The highest BCUT2D eigenvalue weighted by Crippen LogP contribution is 2.24. The minimum atomic E-state index is 0.303. The lowest BCUT2D eigenvalue weighted by atomic mass is 10.2. The average Bonchev–Trinajstić information content (AvgIpc) is 2.68. The van der Waals surface area contributed by atoms with Crippen LogP contribution in [0.1, 0.15) is 5.89 Å². The van der Waals surface area contributed by atoms with E-state index in [1.807, 2.05) is 18.2 Å². The number of rotatable bonds is 3. The maximum atomic E-state index is 5.99. The summed E-state index contributed by atoms with van der Waals surface area (Å²) in [6.45, 7) is 0.303. The van der Waals surface area contributed by atoms with Crippen molar-refractivity contribution < 1.29 is 9.26 Å². The van der Waals surface area contributed by atoms with Gasteiger partial charge in [0.05, 0.1) is 5.02 Å². The van der Waals surface area contributed by atoms with Crippen LogP contribution in [-0.2, 0) is 11.3 Å². The van der Waals surface area contributed by atoms with Gasteiger partial charge in [-0.2, -0.15) is 4.98 Å². The molecule has 0 unspecified atom stereocenters. The van der Waals surface area contributed by atoms with Gasteiger partial charge in [0.1, 0.15) is 6.61 Å². The second kappa shape index (κ2) is 4.42. The van der Waals surface area contributed by atoms with Crippen LogP contribution in [0.25, 0.3) is 11.4 Å². The van der Waals surface area contributed by atoms with Gasteiger partial charge in [-0.15, -0.1) is 0 Å². The molecule has 1 aromatic heterocycles. The lowest BCUT2D eigenvalue weighted by Crippen LogP contribution is -1.87. The smallest absolute Gasteiger partial charge is 0.252 e. The van der Waals surface area contributed by atoms with E-state index in [4.69, 9.17) is 20.9 Å². The van der Waals surface area contributed by atoms with Gasteiger partial charge >= 0.3 is 0 Å². The molecule has 0 spiro atoms. The number of methoxy groups -OCH3 is 1. The molecule has 0 N–H and O–H groups in total. The summed E-state index contributed by atoms with van der Waals surface area (Å²) in [5.74, 6) is 0.917. The van der Waals surface area contributed by atoms with Crippen LogP contribution >= 0.6 is 11.6 Å². The van der Waals surface area contributed by atoms with Crippen LogP contribution in [0, 0.1) is 0 Å². The van der Waals surface area contributed by atoms with Crippen LogP contribution in [0.4, 0.5) is 0 Å². The number of nitrogens with zero attached hydrogens (tertiary/aromatic N) is 2. The van der Waals surface area contributed by atoms with Gasteiger partial charge in [0, 0.05) is 12.7 Å². The zero-order valence-electron chi connectivity index (χ0n) is 8.11. The fourth-order valence-electron chi connectivity index (χ4n) is 1.19. The van der Waals surface area contributed by atoms with Gasteiger partial charge in [-0.25, -0.2) is 0 Å². The van der Waals surface area contributed by atoms with Crippen molar-refractivity contribution in [3.8, 4) is 11.4 Å². The van der Waals surface area contributed by atoms with E-state index >= 15 is 0 Å². The molecular weight excluding hydrogens is 216 g/mol. The van der Waals surface area contributed by atoms with Crippen molar-refractivity contribution in [3.63, 3.8) is 0 Å². The summed E-state index contributed by atoms with van der Waals surface area (Å²) in [4.78, 5) is 4.14. The molecule has 4 nitrogen and oxygen atoms in total. The highest BCUT2D eigenvalue weighted by Gasteiger charge is 2.10. The first-order chi connectivity index (χ1) is 7.31. The fourth-order valence-corrected chi connectivity index (χ4v) is 1.41. The third-order valence-corrected chi connectivity index (χ3v) is 2.18. The van der Waals surface area contributed by atoms with E-state index in [-0.39, 0.29) is 0 Å². The number of hydrogen-bond acceptors (Lipinski definition) is 4. The zero-order chi connectivity index (χ0) is 10.7. The van der Waals surface area contributed by atoms with E-state index in [0.29, 0.717) is 23.3 Å². The Hall–Kier alpha value is -1.39. The lowest BCUT2D eigenvalue weighted by Gasteiger charge is -1.95. The Labute approximate surface area is 91.8 Å². The Balaban J connectivity index is 2.33. The molecule has 1 heterocycles. The zero-order valence-corrected chi connectivity index (χ0v) is 8.86. The van der Waals surface area contributed by atoms with Gasteiger partial charge in [-0.1, -0.05) is 28.9 Å². The molecule has 15 heavy (non-hydrogen) atoms. The molecule has 2 aromatic rings. The van der Waals surface area contributed by atoms with Crippen molar-refractivity contribution in [3.05, 3.63) is 35.2 Å².